The van der Waals surface area contributed by atoms with E-state index in [1.165, 1.54) is 11.3 Å². The Bertz CT molecular complexity index is 694. The van der Waals surface area contributed by atoms with Crippen LogP contribution in [-0.4, -0.2) is 22.2 Å². The molecule has 0 amide bonds. The maximum absolute atomic E-state index is 5.94. The van der Waals surface area contributed by atoms with Crippen LogP contribution in [0.15, 0.2) is 34.4 Å². The van der Waals surface area contributed by atoms with E-state index < -0.39 is 0 Å². The number of rotatable bonds is 3. The molecule has 2 aromatic heterocycles. The Kier molecular flexibility index (Phi) is 2.88. The van der Waals surface area contributed by atoms with Gasteiger partial charge in [-0.25, -0.2) is 0 Å². The molecule has 0 spiro atoms. The number of benzene rings is 1. The highest BCUT2D eigenvalue weighted by atomic mass is 32.1. The Labute approximate surface area is 112 Å². The number of ether oxygens (including phenoxy) is 1. The Hall–Kier alpha value is -2.41. The van der Waals surface area contributed by atoms with E-state index in [4.69, 9.17) is 15.0 Å². The molecule has 0 aliphatic heterocycles. The molecule has 2 heterocycles. The fraction of sp³-hybridized carbons (Fsp3) is 0.0833. The molecular formula is C12H10N4O2S. The average molecular weight is 274 g/mol. The van der Waals surface area contributed by atoms with Gasteiger partial charge < -0.3 is 15.0 Å². The van der Waals surface area contributed by atoms with Crippen molar-refractivity contribution in [3.05, 3.63) is 29.9 Å². The van der Waals surface area contributed by atoms with Crippen LogP contribution in [0.4, 0.5) is 5.69 Å². The van der Waals surface area contributed by atoms with E-state index in [9.17, 15) is 0 Å². The molecule has 1 aromatic carbocycles. The zero-order valence-corrected chi connectivity index (χ0v) is 10.8. The summed E-state index contributed by atoms with van der Waals surface area (Å²) in [6.07, 6.45) is 1.69. The fourth-order valence-corrected chi connectivity index (χ4v) is 2.17. The smallest absolute Gasteiger partial charge is 0.260 e. The number of aromatic nitrogens is 3. The van der Waals surface area contributed by atoms with Gasteiger partial charge >= 0.3 is 0 Å². The van der Waals surface area contributed by atoms with Gasteiger partial charge in [0.2, 0.25) is 5.82 Å². The second-order valence-corrected chi connectivity index (χ2v) is 4.63. The van der Waals surface area contributed by atoms with E-state index in [1.807, 2.05) is 0 Å². The number of hydrogen-bond acceptors (Lipinski definition) is 7. The molecule has 0 fully saturated rings. The second kappa shape index (κ2) is 4.69. The minimum absolute atomic E-state index is 0.378. The highest BCUT2D eigenvalue weighted by Gasteiger charge is 2.14. The zero-order valence-electron chi connectivity index (χ0n) is 10.0. The lowest BCUT2D eigenvalue weighted by atomic mass is 10.1. The standard InChI is InChI=1S/C12H10N4O2S/c1-17-7-2-3-8(9(13)4-7)12-15-11(16-18-12)10-5-14-6-19-10/h2-6H,13H2,1H3. The van der Waals surface area contributed by atoms with Crippen LogP contribution in [0.1, 0.15) is 0 Å². The molecule has 0 unspecified atom stereocenters. The van der Waals surface area contributed by atoms with Crippen LogP contribution in [0.5, 0.6) is 5.75 Å². The molecule has 0 atom stereocenters. The molecule has 6 nitrogen and oxygen atoms in total. The Morgan fingerprint density at radius 1 is 1.37 bits per heavy atom. The van der Waals surface area contributed by atoms with Gasteiger partial charge in [-0.2, -0.15) is 4.98 Å². The molecule has 3 aromatic rings. The maximum Gasteiger partial charge on any atom is 0.260 e. The summed E-state index contributed by atoms with van der Waals surface area (Å²) in [6, 6.07) is 5.30. The summed E-state index contributed by atoms with van der Waals surface area (Å²) in [6.45, 7) is 0. The largest absolute Gasteiger partial charge is 0.497 e. The lowest BCUT2D eigenvalue weighted by Crippen LogP contribution is -1.92. The number of hydrogen-bond donors (Lipinski definition) is 1. The quantitative estimate of drug-likeness (QED) is 0.738. The van der Waals surface area contributed by atoms with Crippen LogP contribution >= 0.6 is 11.3 Å². The van der Waals surface area contributed by atoms with Crippen molar-refractivity contribution in [2.45, 2.75) is 0 Å². The van der Waals surface area contributed by atoms with E-state index in [-0.39, 0.29) is 0 Å². The predicted octanol–water partition coefficient (Wildman–Crippen LogP) is 2.45. The zero-order chi connectivity index (χ0) is 13.2. The molecule has 96 valence electrons. The minimum Gasteiger partial charge on any atom is -0.497 e. The van der Waals surface area contributed by atoms with Crippen LogP contribution in [-0.2, 0) is 0 Å². The average Bonchev–Trinajstić information content (AvgIpc) is 3.09. The van der Waals surface area contributed by atoms with Gasteiger partial charge in [0.05, 0.1) is 23.1 Å². The Balaban J connectivity index is 1.99. The first-order chi connectivity index (χ1) is 9.28. The molecule has 0 saturated heterocycles. The van der Waals surface area contributed by atoms with E-state index in [0.29, 0.717) is 28.7 Å². The van der Waals surface area contributed by atoms with Crippen molar-refractivity contribution >= 4 is 17.0 Å². The van der Waals surface area contributed by atoms with Gasteiger partial charge in [0.1, 0.15) is 5.75 Å². The molecule has 19 heavy (non-hydrogen) atoms. The van der Waals surface area contributed by atoms with Gasteiger partial charge in [-0.05, 0) is 12.1 Å². The van der Waals surface area contributed by atoms with Crippen molar-refractivity contribution in [2.75, 3.05) is 12.8 Å². The van der Waals surface area contributed by atoms with Gasteiger partial charge in [0, 0.05) is 18.0 Å². The topological polar surface area (TPSA) is 87.1 Å². The molecule has 0 bridgehead atoms. The normalized spacial score (nSPS) is 10.6. The van der Waals surface area contributed by atoms with Gasteiger partial charge in [0.15, 0.2) is 0 Å². The second-order valence-electron chi connectivity index (χ2n) is 3.74. The lowest BCUT2D eigenvalue weighted by molar-refractivity contribution is 0.414. The molecular weight excluding hydrogens is 264 g/mol. The van der Waals surface area contributed by atoms with Crippen molar-refractivity contribution in [2.24, 2.45) is 0 Å². The number of methoxy groups -OCH3 is 1. The third-order valence-electron chi connectivity index (χ3n) is 2.57. The lowest BCUT2D eigenvalue weighted by Gasteiger charge is -2.03. The molecule has 2 N–H and O–H groups in total. The van der Waals surface area contributed by atoms with Crippen molar-refractivity contribution in [1.29, 1.82) is 0 Å². The van der Waals surface area contributed by atoms with Gasteiger partial charge in [-0.15, -0.1) is 11.3 Å². The third-order valence-corrected chi connectivity index (χ3v) is 3.34. The van der Waals surface area contributed by atoms with Gasteiger partial charge in [-0.3, -0.25) is 4.98 Å². The van der Waals surface area contributed by atoms with E-state index in [0.717, 1.165) is 4.88 Å². The Morgan fingerprint density at radius 3 is 2.95 bits per heavy atom. The molecule has 0 saturated carbocycles. The summed E-state index contributed by atoms with van der Waals surface area (Å²) >= 11 is 1.45. The monoisotopic (exact) mass is 274 g/mol. The molecule has 3 rings (SSSR count). The number of nitrogen functional groups attached to an aromatic ring is 1. The predicted molar refractivity (Wildman–Crippen MR) is 71.8 cm³/mol. The van der Waals surface area contributed by atoms with Gasteiger partial charge in [0.25, 0.3) is 5.89 Å². The van der Waals surface area contributed by atoms with Crippen LogP contribution in [0.2, 0.25) is 0 Å². The summed E-state index contributed by atoms with van der Waals surface area (Å²) in [5, 5.41) is 3.92. The molecule has 0 radical (unpaired) electrons. The fourth-order valence-electron chi connectivity index (χ4n) is 1.62. The van der Waals surface area contributed by atoms with Crippen LogP contribution in [0.25, 0.3) is 22.2 Å². The molecule has 0 aliphatic rings. The summed E-state index contributed by atoms with van der Waals surface area (Å²) in [7, 11) is 1.59. The highest BCUT2D eigenvalue weighted by molar-refractivity contribution is 7.13. The maximum atomic E-state index is 5.94. The van der Waals surface area contributed by atoms with Crippen molar-refractivity contribution < 1.29 is 9.26 Å². The van der Waals surface area contributed by atoms with Crippen molar-refractivity contribution in [1.82, 2.24) is 15.1 Å². The summed E-state index contributed by atoms with van der Waals surface area (Å²) in [5.74, 6) is 1.57. The van der Waals surface area contributed by atoms with Crippen LogP contribution in [0.3, 0.4) is 0 Å². The van der Waals surface area contributed by atoms with E-state index in [2.05, 4.69) is 15.1 Å². The summed E-state index contributed by atoms with van der Waals surface area (Å²) in [5.41, 5.74) is 8.87. The summed E-state index contributed by atoms with van der Waals surface area (Å²) in [4.78, 5) is 9.14. The minimum atomic E-state index is 0.378. The van der Waals surface area contributed by atoms with Crippen LogP contribution in [0, 0.1) is 0 Å². The third kappa shape index (κ3) is 2.15. The first kappa shape index (κ1) is 11.7. The van der Waals surface area contributed by atoms with E-state index >= 15 is 0 Å². The molecule has 7 heteroatoms. The first-order valence-electron chi connectivity index (χ1n) is 5.44. The summed E-state index contributed by atoms with van der Waals surface area (Å²) < 4.78 is 10.3. The number of anilines is 1. The van der Waals surface area contributed by atoms with Crippen molar-refractivity contribution in [3.8, 4) is 27.9 Å². The highest BCUT2D eigenvalue weighted by Crippen LogP contribution is 2.30. The first-order valence-corrected chi connectivity index (χ1v) is 6.32. The van der Waals surface area contributed by atoms with Crippen LogP contribution < -0.4 is 10.5 Å². The molecule has 0 aliphatic carbocycles. The number of thiazole rings is 1. The van der Waals surface area contributed by atoms with Gasteiger partial charge in [-0.1, -0.05) is 5.16 Å². The van der Waals surface area contributed by atoms with E-state index in [1.54, 1.807) is 37.0 Å². The number of nitrogens with zero attached hydrogens (tertiary/aromatic N) is 3. The number of nitrogens with two attached hydrogens (primary N) is 1. The SMILES string of the molecule is COc1ccc(-c2nc(-c3cncs3)no2)c(N)c1. The van der Waals surface area contributed by atoms with Crippen molar-refractivity contribution in [3.63, 3.8) is 0 Å². The Morgan fingerprint density at radius 2 is 2.26 bits per heavy atom.